The molecule has 11 nitrogen and oxygen atoms in total. The minimum absolute atomic E-state index is 0.00913. The van der Waals surface area contributed by atoms with Gasteiger partial charge < -0.3 is 15.0 Å². The van der Waals surface area contributed by atoms with E-state index in [9.17, 15) is 14.9 Å². The summed E-state index contributed by atoms with van der Waals surface area (Å²) in [6.45, 7) is 5.46. The van der Waals surface area contributed by atoms with Crippen LogP contribution in [0.25, 0.3) is 5.69 Å². The van der Waals surface area contributed by atoms with Crippen LogP contribution >= 0.6 is 0 Å². The molecular formula is C24H29N7O4. The minimum atomic E-state index is -0.466. The molecule has 0 saturated carbocycles. The number of benzene rings is 2. The zero-order valence-electron chi connectivity index (χ0n) is 19.7. The summed E-state index contributed by atoms with van der Waals surface area (Å²) >= 11 is 0. The van der Waals surface area contributed by atoms with E-state index >= 15 is 0 Å². The average Bonchev–Trinajstić information content (AvgIpc) is 3.39. The molecule has 1 saturated heterocycles. The molecular weight excluding hydrogens is 450 g/mol. The Labute approximate surface area is 203 Å². The van der Waals surface area contributed by atoms with Crippen LogP contribution in [-0.4, -0.2) is 77.1 Å². The zero-order valence-corrected chi connectivity index (χ0v) is 19.7. The lowest BCUT2D eigenvalue weighted by Gasteiger charge is -2.36. The number of hydrogen-bond acceptors (Lipinski definition) is 8. The van der Waals surface area contributed by atoms with Gasteiger partial charge in [0.1, 0.15) is 5.75 Å². The third-order valence-electron chi connectivity index (χ3n) is 6.04. The second-order valence-corrected chi connectivity index (χ2v) is 8.29. The van der Waals surface area contributed by atoms with Crippen molar-refractivity contribution in [3.05, 3.63) is 70.5 Å². The number of amides is 1. The van der Waals surface area contributed by atoms with E-state index < -0.39 is 4.92 Å². The number of aromatic nitrogens is 3. The Bertz CT molecular complexity index is 1140. The highest BCUT2D eigenvalue weighted by atomic mass is 16.6. The van der Waals surface area contributed by atoms with Gasteiger partial charge in [-0.15, -0.1) is 5.10 Å². The Morgan fingerprint density at radius 3 is 2.54 bits per heavy atom. The summed E-state index contributed by atoms with van der Waals surface area (Å²) < 4.78 is 6.90. The lowest BCUT2D eigenvalue weighted by molar-refractivity contribution is -0.384. The first-order valence-corrected chi connectivity index (χ1v) is 11.6. The van der Waals surface area contributed by atoms with Crippen LogP contribution in [-0.2, 0) is 0 Å². The predicted molar refractivity (Wildman–Crippen MR) is 131 cm³/mol. The molecule has 1 aromatic heterocycles. The lowest BCUT2D eigenvalue weighted by atomic mass is 10.2. The van der Waals surface area contributed by atoms with Crippen molar-refractivity contribution in [3.8, 4) is 11.4 Å². The van der Waals surface area contributed by atoms with Crippen molar-refractivity contribution < 1.29 is 14.5 Å². The van der Waals surface area contributed by atoms with Crippen molar-refractivity contribution in [1.82, 2.24) is 25.2 Å². The van der Waals surface area contributed by atoms with Crippen LogP contribution in [0.3, 0.4) is 0 Å². The second kappa shape index (κ2) is 11.4. The van der Waals surface area contributed by atoms with Crippen LogP contribution in [0, 0.1) is 10.1 Å². The number of nitrogens with one attached hydrogen (secondary N) is 1. The molecule has 184 valence electrons. The predicted octanol–water partition coefficient (Wildman–Crippen LogP) is 2.52. The standard InChI is InChI=1S/C24H29N7O4/c1-35-23-7-3-2-6-22(23)29-16-14-28(15-17-29)13-5-4-12-25-24(32)21-18-30(27-26-21)19-8-10-20(11-9-19)31(33)34/h2-3,6-11,18H,4-5,12-17H2,1H3,(H,25,32). The number of rotatable bonds is 10. The number of methoxy groups -OCH3 is 1. The fraction of sp³-hybridized carbons (Fsp3) is 0.375. The number of carbonyl (C=O) groups is 1. The number of nitrogens with zero attached hydrogens (tertiary/aromatic N) is 6. The summed E-state index contributed by atoms with van der Waals surface area (Å²) in [4.78, 5) is 27.5. The van der Waals surface area contributed by atoms with Crippen LogP contribution < -0.4 is 15.0 Å². The van der Waals surface area contributed by atoms with Crippen molar-refractivity contribution in [1.29, 1.82) is 0 Å². The van der Waals surface area contributed by atoms with Crippen LogP contribution in [0.2, 0.25) is 0 Å². The SMILES string of the molecule is COc1ccccc1N1CCN(CCCCNC(=O)c2cn(-c3ccc([N+](=O)[O-])cc3)nn2)CC1. The van der Waals surface area contributed by atoms with Crippen LogP contribution in [0.1, 0.15) is 23.3 Å². The van der Waals surface area contributed by atoms with E-state index in [4.69, 9.17) is 4.74 Å². The molecule has 0 aliphatic carbocycles. The van der Waals surface area contributed by atoms with Crippen LogP contribution in [0.4, 0.5) is 11.4 Å². The first kappa shape index (κ1) is 24.1. The summed E-state index contributed by atoms with van der Waals surface area (Å²) in [5.41, 5.74) is 1.93. The Morgan fingerprint density at radius 2 is 1.83 bits per heavy atom. The van der Waals surface area contributed by atoms with Crippen molar-refractivity contribution in [3.63, 3.8) is 0 Å². The smallest absolute Gasteiger partial charge is 0.273 e. The molecule has 2 aromatic carbocycles. The van der Waals surface area contributed by atoms with E-state index in [1.807, 2.05) is 18.2 Å². The molecule has 3 aromatic rings. The highest BCUT2D eigenvalue weighted by Crippen LogP contribution is 2.28. The third-order valence-corrected chi connectivity index (χ3v) is 6.04. The number of ether oxygens (including phenoxy) is 1. The third kappa shape index (κ3) is 6.12. The normalized spacial score (nSPS) is 14.0. The van der Waals surface area contributed by atoms with Crippen LogP contribution in [0.15, 0.2) is 54.7 Å². The van der Waals surface area contributed by atoms with Crippen molar-refractivity contribution in [2.75, 3.05) is 51.3 Å². The molecule has 1 N–H and O–H groups in total. The fourth-order valence-electron chi connectivity index (χ4n) is 4.08. The van der Waals surface area contributed by atoms with Crippen molar-refractivity contribution in [2.24, 2.45) is 0 Å². The van der Waals surface area contributed by atoms with E-state index in [1.54, 1.807) is 19.2 Å². The van der Waals surface area contributed by atoms with E-state index in [-0.39, 0.29) is 17.3 Å². The van der Waals surface area contributed by atoms with Gasteiger partial charge in [-0.3, -0.25) is 19.8 Å². The maximum Gasteiger partial charge on any atom is 0.273 e. The number of nitro benzene ring substituents is 1. The molecule has 0 radical (unpaired) electrons. The highest BCUT2D eigenvalue weighted by molar-refractivity contribution is 5.91. The number of hydrogen-bond donors (Lipinski definition) is 1. The molecule has 4 rings (SSSR count). The van der Waals surface area contributed by atoms with Gasteiger partial charge in [-0.1, -0.05) is 17.3 Å². The summed E-state index contributed by atoms with van der Waals surface area (Å²) in [6, 6.07) is 14.0. The fourth-order valence-corrected chi connectivity index (χ4v) is 4.08. The summed E-state index contributed by atoms with van der Waals surface area (Å²) in [6.07, 6.45) is 3.37. The van der Waals surface area contributed by atoms with Gasteiger partial charge >= 0.3 is 0 Å². The Kier molecular flexibility index (Phi) is 7.88. The minimum Gasteiger partial charge on any atom is -0.495 e. The van der Waals surface area contributed by atoms with Gasteiger partial charge in [0.25, 0.3) is 11.6 Å². The maximum atomic E-state index is 12.4. The molecule has 1 fully saturated rings. The number of anilines is 1. The van der Waals surface area contributed by atoms with Crippen molar-refractivity contribution in [2.45, 2.75) is 12.8 Å². The molecule has 1 aliphatic heterocycles. The van der Waals surface area contributed by atoms with Crippen molar-refractivity contribution >= 4 is 17.3 Å². The molecule has 1 amide bonds. The summed E-state index contributed by atoms with van der Waals surface area (Å²) in [5, 5.41) is 21.5. The highest BCUT2D eigenvalue weighted by Gasteiger charge is 2.19. The first-order valence-electron chi connectivity index (χ1n) is 11.6. The Balaban J connectivity index is 1.15. The molecule has 0 spiro atoms. The number of carbonyl (C=O) groups excluding carboxylic acids is 1. The van der Waals surface area contributed by atoms with Gasteiger partial charge in [0, 0.05) is 44.9 Å². The number of piperazine rings is 1. The molecule has 35 heavy (non-hydrogen) atoms. The molecule has 2 heterocycles. The van der Waals surface area contributed by atoms with Gasteiger partial charge in [0.15, 0.2) is 5.69 Å². The Morgan fingerprint density at radius 1 is 1.09 bits per heavy atom. The number of para-hydroxylation sites is 2. The zero-order chi connectivity index (χ0) is 24.6. The molecule has 1 aliphatic rings. The number of unbranched alkanes of at least 4 members (excludes halogenated alkanes) is 1. The van der Waals surface area contributed by atoms with E-state index in [2.05, 4.69) is 31.5 Å². The van der Waals surface area contributed by atoms with Gasteiger partial charge in [0.2, 0.25) is 0 Å². The summed E-state index contributed by atoms with van der Waals surface area (Å²) in [7, 11) is 1.70. The lowest BCUT2D eigenvalue weighted by Crippen LogP contribution is -2.46. The summed E-state index contributed by atoms with van der Waals surface area (Å²) in [5.74, 6) is 0.619. The van der Waals surface area contributed by atoms with E-state index in [0.29, 0.717) is 12.2 Å². The second-order valence-electron chi connectivity index (χ2n) is 8.29. The monoisotopic (exact) mass is 479 g/mol. The van der Waals surface area contributed by atoms with Gasteiger partial charge in [0.05, 0.1) is 29.6 Å². The van der Waals surface area contributed by atoms with Gasteiger partial charge in [-0.25, -0.2) is 4.68 Å². The topological polar surface area (TPSA) is 119 Å². The van der Waals surface area contributed by atoms with Crippen LogP contribution in [0.5, 0.6) is 5.75 Å². The van der Waals surface area contributed by atoms with Gasteiger partial charge in [-0.2, -0.15) is 0 Å². The van der Waals surface area contributed by atoms with Gasteiger partial charge in [-0.05, 0) is 43.7 Å². The largest absolute Gasteiger partial charge is 0.495 e. The Hall–Kier alpha value is -3.99. The van der Waals surface area contributed by atoms with E-state index in [1.165, 1.54) is 23.0 Å². The maximum absolute atomic E-state index is 12.4. The molecule has 11 heteroatoms. The van der Waals surface area contributed by atoms with E-state index in [0.717, 1.165) is 57.0 Å². The molecule has 0 bridgehead atoms. The molecule has 0 unspecified atom stereocenters. The first-order chi connectivity index (χ1) is 17.0. The number of nitro groups is 1. The quantitative estimate of drug-likeness (QED) is 0.268. The number of non-ortho nitro benzene ring substituents is 1. The average molecular weight is 480 g/mol. The molecule has 0 atom stereocenters.